The zero-order chi connectivity index (χ0) is 16.4. The molecule has 0 radical (unpaired) electrons. The summed E-state index contributed by atoms with van der Waals surface area (Å²) in [5, 5.41) is 22.7. The molecule has 2 heterocycles. The highest BCUT2D eigenvalue weighted by Crippen LogP contribution is 2.32. The second-order valence-electron chi connectivity index (χ2n) is 5.20. The molecule has 0 aliphatic heterocycles. The summed E-state index contributed by atoms with van der Waals surface area (Å²) in [4.78, 5) is 4.49. The molecule has 0 atom stereocenters. The average molecular weight is 307 g/mol. The van der Waals surface area contributed by atoms with Crippen molar-refractivity contribution in [2.75, 3.05) is 0 Å². The highest BCUT2D eigenvalue weighted by Gasteiger charge is 2.19. The van der Waals surface area contributed by atoms with Crippen molar-refractivity contribution in [1.82, 2.24) is 9.55 Å². The lowest BCUT2D eigenvalue weighted by Crippen LogP contribution is -2.01. The molecule has 2 N–H and O–H groups in total. The summed E-state index contributed by atoms with van der Waals surface area (Å²) >= 11 is 0. The molecule has 0 saturated heterocycles. The number of phenols is 1. The van der Waals surface area contributed by atoms with E-state index in [4.69, 9.17) is 5.21 Å². The number of hydrogen-bond donors (Lipinski definition) is 2. The Hall–Kier alpha value is -3.08. The molecule has 0 spiro atoms. The van der Waals surface area contributed by atoms with E-state index in [0.29, 0.717) is 0 Å². The summed E-state index contributed by atoms with van der Waals surface area (Å²) in [5.74, 6) is 0.208. The Morgan fingerprint density at radius 1 is 1.22 bits per heavy atom. The van der Waals surface area contributed by atoms with Crippen LogP contribution in [0.1, 0.15) is 25.1 Å². The largest absolute Gasteiger partial charge is 0.508 e. The fraction of sp³-hybridized carbons (Fsp3) is 0.111. The summed E-state index contributed by atoms with van der Waals surface area (Å²) in [5.41, 5.74) is 4.39. The zero-order valence-electron chi connectivity index (χ0n) is 12.9. The van der Waals surface area contributed by atoms with Gasteiger partial charge in [-0.15, -0.1) is 0 Å². The lowest BCUT2D eigenvalue weighted by atomic mass is 10.1. The predicted octanol–water partition coefficient (Wildman–Crippen LogP) is 3.96. The van der Waals surface area contributed by atoms with Crippen LogP contribution < -0.4 is 0 Å². The molecule has 3 aromatic rings. The first-order valence-electron chi connectivity index (χ1n) is 7.27. The van der Waals surface area contributed by atoms with Crippen LogP contribution in [0.4, 0.5) is 0 Å². The number of phenolic OH excluding ortho intramolecular Hbond substituents is 1. The van der Waals surface area contributed by atoms with Crippen LogP contribution in [0.25, 0.3) is 22.3 Å². The maximum absolute atomic E-state index is 9.54. The number of rotatable bonds is 3. The molecule has 5 heteroatoms. The number of allylic oxidation sites excluding steroid dienone is 2. The van der Waals surface area contributed by atoms with E-state index in [1.807, 2.05) is 48.8 Å². The molecule has 2 aromatic heterocycles. The van der Waals surface area contributed by atoms with Crippen molar-refractivity contribution in [1.29, 1.82) is 0 Å². The van der Waals surface area contributed by atoms with Crippen LogP contribution in [-0.4, -0.2) is 26.1 Å². The third kappa shape index (κ3) is 2.46. The van der Waals surface area contributed by atoms with Crippen LogP contribution in [0.5, 0.6) is 5.75 Å². The highest BCUT2D eigenvalue weighted by atomic mass is 16.4. The molecular weight excluding hydrogens is 290 g/mol. The molecule has 23 heavy (non-hydrogen) atoms. The number of benzene rings is 1. The van der Waals surface area contributed by atoms with Gasteiger partial charge in [0.05, 0.1) is 11.9 Å². The third-order valence-electron chi connectivity index (χ3n) is 3.87. The summed E-state index contributed by atoms with van der Waals surface area (Å²) < 4.78 is 2.00. The van der Waals surface area contributed by atoms with Crippen molar-refractivity contribution in [3.63, 3.8) is 0 Å². The number of aromatic hydroxyl groups is 1. The van der Waals surface area contributed by atoms with E-state index in [9.17, 15) is 5.11 Å². The molecule has 116 valence electrons. The molecule has 5 nitrogen and oxygen atoms in total. The fourth-order valence-electron chi connectivity index (χ4n) is 2.71. The van der Waals surface area contributed by atoms with Crippen molar-refractivity contribution in [2.24, 2.45) is 5.16 Å². The summed E-state index contributed by atoms with van der Waals surface area (Å²) in [7, 11) is 0. The number of nitrogens with zero attached hydrogens (tertiary/aromatic N) is 3. The zero-order valence-corrected chi connectivity index (χ0v) is 12.9. The van der Waals surface area contributed by atoms with E-state index in [1.54, 1.807) is 18.3 Å². The molecule has 0 fully saturated rings. The van der Waals surface area contributed by atoms with Crippen molar-refractivity contribution in [3.05, 3.63) is 59.9 Å². The number of hydrogen-bond acceptors (Lipinski definition) is 4. The molecule has 0 bridgehead atoms. The summed E-state index contributed by atoms with van der Waals surface area (Å²) in [6.07, 6.45) is 5.16. The first-order valence-corrected chi connectivity index (χ1v) is 7.27. The first kappa shape index (κ1) is 14.8. The van der Waals surface area contributed by atoms with E-state index < -0.39 is 0 Å². The number of pyridine rings is 1. The van der Waals surface area contributed by atoms with Gasteiger partial charge < -0.3 is 10.3 Å². The van der Waals surface area contributed by atoms with Gasteiger partial charge in [0.15, 0.2) is 0 Å². The van der Waals surface area contributed by atoms with Crippen LogP contribution in [-0.2, 0) is 0 Å². The Balaban J connectivity index is 2.46. The van der Waals surface area contributed by atoms with Crippen molar-refractivity contribution < 1.29 is 10.3 Å². The Labute approximate surface area is 133 Å². The van der Waals surface area contributed by atoms with Crippen LogP contribution in [0.2, 0.25) is 0 Å². The van der Waals surface area contributed by atoms with E-state index >= 15 is 0 Å². The minimum Gasteiger partial charge on any atom is -0.508 e. The quantitative estimate of drug-likeness (QED) is 0.437. The first-order chi connectivity index (χ1) is 11.2. The van der Waals surface area contributed by atoms with E-state index in [1.165, 1.54) is 6.21 Å². The van der Waals surface area contributed by atoms with Gasteiger partial charge >= 0.3 is 0 Å². The van der Waals surface area contributed by atoms with Gasteiger partial charge in [-0.05, 0) is 55.8 Å². The second-order valence-corrected chi connectivity index (χ2v) is 5.20. The van der Waals surface area contributed by atoms with E-state index in [2.05, 4.69) is 10.1 Å². The summed E-state index contributed by atoms with van der Waals surface area (Å²) in [6, 6.07) is 10.7. The minimum atomic E-state index is 0.208. The van der Waals surface area contributed by atoms with E-state index in [0.717, 1.165) is 33.6 Å². The maximum Gasteiger partial charge on any atom is 0.145 e. The molecule has 0 unspecified atom stereocenters. The topological polar surface area (TPSA) is 70.6 Å². The van der Waals surface area contributed by atoms with Crippen LogP contribution in [0.15, 0.2) is 53.8 Å². The van der Waals surface area contributed by atoms with Gasteiger partial charge in [0.2, 0.25) is 0 Å². The summed E-state index contributed by atoms with van der Waals surface area (Å²) in [6.45, 7) is 3.96. The van der Waals surface area contributed by atoms with Gasteiger partial charge in [-0.2, -0.15) is 0 Å². The monoisotopic (exact) mass is 307 g/mol. The Bertz CT molecular complexity index is 906. The maximum atomic E-state index is 9.54. The Kier molecular flexibility index (Phi) is 3.85. The minimum absolute atomic E-state index is 0.208. The van der Waals surface area contributed by atoms with Crippen molar-refractivity contribution in [2.45, 2.75) is 13.8 Å². The van der Waals surface area contributed by atoms with E-state index in [-0.39, 0.29) is 5.75 Å². The van der Waals surface area contributed by atoms with Crippen LogP contribution >= 0.6 is 0 Å². The lowest BCUT2D eigenvalue weighted by Gasteiger charge is -2.11. The van der Waals surface area contributed by atoms with Gasteiger partial charge in [-0.25, -0.2) is 4.98 Å². The molecule has 0 aliphatic carbocycles. The Morgan fingerprint density at radius 2 is 1.96 bits per heavy atom. The van der Waals surface area contributed by atoms with Gasteiger partial charge in [0.25, 0.3) is 0 Å². The van der Waals surface area contributed by atoms with Crippen molar-refractivity contribution in [3.8, 4) is 11.4 Å². The number of oxime groups is 1. The molecule has 0 amide bonds. The lowest BCUT2D eigenvalue weighted by molar-refractivity contribution is 0.322. The molecule has 3 rings (SSSR count). The van der Waals surface area contributed by atoms with Gasteiger partial charge in [-0.3, -0.25) is 4.57 Å². The SMILES string of the molecule is CC=C(C)c1c(C=NO)c2cccnc2n1-c1ccc(O)cc1. The molecule has 0 aliphatic rings. The number of fused-ring (bicyclic) bond motifs is 1. The third-order valence-corrected chi connectivity index (χ3v) is 3.87. The second kappa shape index (κ2) is 5.96. The average Bonchev–Trinajstić information content (AvgIpc) is 2.90. The van der Waals surface area contributed by atoms with Gasteiger partial charge in [0, 0.05) is 22.8 Å². The van der Waals surface area contributed by atoms with Crippen LogP contribution in [0, 0.1) is 0 Å². The normalized spacial score (nSPS) is 12.3. The molecular formula is C18H17N3O2. The molecule has 1 aromatic carbocycles. The smallest absolute Gasteiger partial charge is 0.145 e. The van der Waals surface area contributed by atoms with Gasteiger partial charge in [-0.1, -0.05) is 11.2 Å². The Morgan fingerprint density at radius 3 is 2.61 bits per heavy atom. The fourth-order valence-corrected chi connectivity index (χ4v) is 2.71. The van der Waals surface area contributed by atoms with Gasteiger partial charge in [0.1, 0.15) is 11.4 Å². The standard InChI is InChI=1S/C18H17N3O2/c1-3-12(2)17-16(11-20-23)15-5-4-10-19-18(15)21(17)13-6-8-14(22)9-7-13/h3-11,22-23H,1-2H3. The van der Waals surface area contributed by atoms with Crippen LogP contribution in [0.3, 0.4) is 0 Å². The number of aromatic nitrogens is 2. The molecule has 0 saturated carbocycles. The highest BCUT2D eigenvalue weighted by molar-refractivity contribution is 6.04. The van der Waals surface area contributed by atoms with Crippen molar-refractivity contribution >= 4 is 22.8 Å². The predicted molar refractivity (Wildman–Crippen MR) is 91.4 cm³/mol.